The van der Waals surface area contributed by atoms with Crippen molar-refractivity contribution >= 4 is 16.8 Å². The predicted octanol–water partition coefficient (Wildman–Crippen LogP) is 3.61. The largest absolute Gasteiger partial charge is 0.350 e. The van der Waals surface area contributed by atoms with Crippen LogP contribution in [0.3, 0.4) is 0 Å². The maximum Gasteiger partial charge on any atom is 0.258 e. The third-order valence-corrected chi connectivity index (χ3v) is 7.67. The third-order valence-electron chi connectivity index (χ3n) is 7.67. The van der Waals surface area contributed by atoms with E-state index in [0.29, 0.717) is 29.8 Å². The summed E-state index contributed by atoms with van der Waals surface area (Å²) in [6.07, 6.45) is 9.70. The fourth-order valence-corrected chi connectivity index (χ4v) is 6.82. The second-order valence-electron chi connectivity index (χ2n) is 10.3. The number of aromatic nitrogens is 2. The van der Waals surface area contributed by atoms with Crippen LogP contribution < -0.4 is 10.9 Å². The first-order valence-electron chi connectivity index (χ1n) is 12.0. The average Bonchev–Trinajstić information content (AvgIpc) is 2.70. The summed E-state index contributed by atoms with van der Waals surface area (Å²) in [7, 11) is 0. The molecule has 166 valence electrons. The van der Waals surface area contributed by atoms with E-state index in [1.54, 1.807) is 6.07 Å². The van der Waals surface area contributed by atoms with Crippen molar-refractivity contribution in [3.63, 3.8) is 0 Å². The van der Waals surface area contributed by atoms with Gasteiger partial charge < -0.3 is 10.3 Å². The van der Waals surface area contributed by atoms with Gasteiger partial charge in [-0.25, -0.2) is 4.98 Å². The van der Waals surface area contributed by atoms with Gasteiger partial charge in [-0.15, -0.1) is 0 Å². The molecule has 1 aromatic heterocycles. The zero-order valence-corrected chi connectivity index (χ0v) is 18.5. The highest BCUT2D eigenvalue weighted by atomic mass is 16.2. The fourth-order valence-electron chi connectivity index (χ4n) is 6.82. The molecule has 4 aliphatic carbocycles. The van der Waals surface area contributed by atoms with Crippen LogP contribution in [0.5, 0.6) is 0 Å². The first-order valence-corrected chi connectivity index (χ1v) is 12.0. The van der Waals surface area contributed by atoms with Crippen LogP contribution in [0.4, 0.5) is 0 Å². The topological polar surface area (TPSA) is 78.1 Å². The van der Waals surface area contributed by atoms with Crippen molar-refractivity contribution in [3.8, 4) is 0 Å². The number of aromatic amines is 1. The predicted molar refractivity (Wildman–Crippen MR) is 122 cm³/mol. The summed E-state index contributed by atoms with van der Waals surface area (Å²) in [5, 5.41) is 4.09. The lowest BCUT2D eigenvalue weighted by Gasteiger charge is -2.57. The number of nitrogens with zero attached hydrogens (tertiary/aromatic N) is 2. The van der Waals surface area contributed by atoms with Gasteiger partial charge in [0.1, 0.15) is 5.82 Å². The summed E-state index contributed by atoms with van der Waals surface area (Å²) < 4.78 is 0. The van der Waals surface area contributed by atoms with Gasteiger partial charge in [0, 0.05) is 5.54 Å². The molecule has 4 bridgehead atoms. The van der Waals surface area contributed by atoms with Gasteiger partial charge in [-0.1, -0.05) is 25.5 Å². The first-order chi connectivity index (χ1) is 15.0. The summed E-state index contributed by atoms with van der Waals surface area (Å²) >= 11 is 0. The Balaban J connectivity index is 1.28. The van der Waals surface area contributed by atoms with Gasteiger partial charge in [0.2, 0.25) is 5.91 Å². The van der Waals surface area contributed by atoms with Crippen molar-refractivity contribution in [2.45, 2.75) is 70.4 Å². The van der Waals surface area contributed by atoms with Gasteiger partial charge >= 0.3 is 0 Å². The molecule has 1 amide bonds. The molecule has 2 N–H and O–H groups in total. The molecule has 4 fully saturated rings. The van der Waals surface area contributed by atoms with Crippen LogP contribution in [-0.4, -0.2) is 39.4 Å². The molecule has 2 aromatic rings. The molecular formula is C25H34N4O2. The smallest absolute Gasteiger partial charge is 0.258 e. The van der Waals surface area contributed by atoms with E-state index in [1.807, 2.05) is 18.2 Å². The van der Waals surface area contributed by atoms with Gasteiger partial charge in [-0.3, -0.25) is 14.5 Å². The van der Waals surface area contributed by atoms with E-state index in [1.165, 1.54) is 38.5 Å². The molecule has 0 atom stereocenters. The quantitative estimate of drug-likeness (QED) is 0.681. The summed E-state index contributed by atoms with van der Waals surface area (Å²) in [5.74, 6) is 3.20. The highest BCUT2D eigenvalue weighted by Gasteiger charge is 2.51. The van der Waals surface area contributed by atoms with Crippen molar-refractivity contribution < 1.29 is 4.79 Å². The van der Waals surface area contributed by atoms with Crippen LogP contribution >= 0.6 is 0 Å². The van der Waals surface area contributed by atoms with Crippen LogP contribution in [0.2, 0.25) is 0 Å². The van der Waals surface area contributed by atoms with E-state index < -0.39 is 0 Å². The number of benzene rings is 1. The molecule has 4 saturated carbocycles. The molecule has 6 nitrogen and oxygen atoms in total. The Morgan fingerprint density at radius 3 is 2.52 bits per heavy atom. The zero-order chi connectivity index (χ0) is 21.4. The third kappa shape index (κ3) is 4.40. The highest BCUT2D eigenvalue weighted by molar-refractivity contribution is 5.79. The van der Waals surface area contributed by atoms with Gasteiger partial charge in [0.25, 0.3) is 5.56 Å². The van der Waals surface area contributed by atoms with Gasteiger partial charge in [0.15, 0.2) is 0 Å². The standard InChI is InChI=1S/C25H34N4O2/c1-2-3-8-29(15-22-26-21-7-5-4-6-20(21)24(31)27-22)16-23(30)28-25-12-17-9-18(13-25)11-19(10-17)14-25/h4-7,17-19H,2-3,8-16H2,1H3,(H,28,30)(H,26,27,31). The van der Waals surface area contributed by atoms with E-state index in [-0.39, 0.29) is 17.0 Å². The monoisotopic (exact) mass is 422 g/mol. The zero-order valence-electron chi connectivity index (χ0n) is 18.5. The molecule has 0 radical (unpaired) electrons. The molecule has 6 heteroatoms. The number of fused-ring (bicyclic) bond motifs is 1. The second-order valence-corrected chi connectivity index (χ2v) is 10.3. The minimum Gasteiger partial charge on any atom is -0.350 e. The Bertz CT molecular complexity index is 979. The highest BCUT2D eigenvalue weighted by Crippen LogP contribution is 2.55. The molecule has 0 spiro atoms. The van der Waals surface area contributed by atoms with Crippen LogP contribution in [-0.2, 0) is 11.3 Å². The van der Waals surface area contributed by atoms with E-state index in [0.717, 1.165) is 37.1 Å². The summed E-state index contributed by atoms with van der Waals surface area (Å²) in [6.45, 7) is 3.82. The molecule has 6 rings (SSSR count). The van der Waals surface area contributed by atoms with Crippen molar-refractivity contribution in [1.82, 2.24) is 20.2 Å². The number of unbranched alkanes of at least 4 members (excludes halogenated alkanes) is 1. The molecule has 31 heavy (non-hydrogen) atoms. The molecule has 0 aliphatic heterocycles. The number of carbonyl (C=O) groups excluding carboxylic acids is 1. The van der Waals surface area contributed by atoms with Gasteiger partial charge in [0.05, 0.1) is 24.0 Å². The van der Waals surface area contributed by atoms with Crippen molar-refractivity contribution in [1.29, 1.82) is 0 Å². The molecule has 0 unspecified atom stereocenters. The number of rotatable bonds is 8. The minimum atomic E-state index is -0.117. The van der Waals surface area contributed by atoms with Crippen LogP contribution in [0, 0.1) is 17.8 Å². The van der Waals surface area contributed by atoms with Gasteiger partial charge in [-0.05, 0) is 81.4 Å². The number of hydrogen-bond donors (Lipinski definition) is 2. The molecular weight excluding hydrogens is 388 g/mol. The number of para-hydroxylation sites is 1. The van der Waals surface area contributed by atoms with Crippen molar-refractivity contribution in [3.05, 3.63) is 40.4 Å². The summed E-state index contributed by atoms with van der Waals surface area (Å²) in [5.41, 5.74) is 0.626. The van der Waals surface area contributed by atoms with Crippen molar-refractivity contribution in [2.24, 2.45) is 17.8 Å². The number of carbonyl (C=O) groups is 1. The fraction of sp³-hybridized carbons (Fsp3) is 0.640. The molecule has 0 saturated heterocycles. The Hall–Kier alpha value is -2.21. The Morgan fingerprint density at radius 1 is 1.16 bits per heavy atom. The lowest BCUT2D eigenvalue weighted by atomic mass is 9.53. The maximum atomic E-state index is 13.1. The van der Waals surface area contributed by atoms with Crippen LogP contribution in [0.25, 0.3) is 10.9 Å². The lowest BCUT2D eigenvalue weighted by molar-refractivity contribution is -0.128. The van der Waals surface area contributed by atoms with E-state index in [4.69, 9.17) is 0 Å². The van der Waals surface area contributed by atoms with Crippen LogP contribution in [0.15, 0.2) is 29.1 Å². The Labute approximate surface area is 183 Å². The summed E-state index contributed by atoms with van der Waals surface area (Å²) in [6, 6.07) is 7.40. The maximum absolute atomic E-state index is 13.1. The second kappa shape index (κ2) is 8.38. The van der Waals surface area contributed by atoms with Gasteiger partial charge in [-0.2, -0.15) is 0 Å². The Kier molecular flexibility index (Phi) is 5.59. The lowest BCUT2D eigenvalue weighted by Crippen LogP contribution is -2.61. The molecule has 1 heterocycles. The normalized spacial score (nSPS) is 29.0. The Morgan fingerprint density at radius 2 is 1.84 bits per heavy atom. The number of H-pyrrole nitrogens is 1. The van der Waals surface area contributed by atoms with Crippen LogP contribution in [0.1, 0.15) is 64.1 Å². The van der Waals surface area contributed by atoms with Crippen molar-refractivity contribution in [2.75, 3.05) is 13.1 Å². The number of amides is 1. The molecule has 4 aliphatic rings. The van der Waals surface area contributed by atoms with E-state index in [2.05, 4.69) is 27.1 Å². The molecule has 1 aromatic carbocycles. The number of hydrogen-bond acceptors (Lipinski definition) is 4. The van der Waals surface area contributed by atoms with E-state index in [9.17, 15) is 9.59 Å². The minimum absolute atomic E-state index is 0.0395. The SMILES string of the molecule is CCCCN(CC(=O)NC12CC3CC(CC(C3)C1)C2)Cc1nc2ccccc2c(=O)[nH]1. The summed E-state index contributed by atoms with van der Waals surface area (Å²) in [4.78, 5) is 35.3. The van der Waals surface area contributed by atoms with E-state index >= 15 is 0 Å². The first kappa shape index (κ1) is 20.7. The number of nitrogens with one attached hydrogen (secondary N) is 2. The average molecular weight is 423 g/mol.